The first kappa shape index (κ1) is 43.7. The topological polar surface area (TPSA) is 155 Å². The number of carbonyl (C=O) groups is 2. The molecule has 0 unspecified atom stereocenters. The Labute approximate surface area is 359 Å². The van der Waals surface area contributed by atoms with Crippen molar-refractivity contribution in [3.63, 3.8) is 0 Å². The predicted molar refractivity (Wildman–Crippen MR) is 227 cm³/mol. The number of halogens is 6. The lowest BCUT2D eigenvalue weighted by Gasteiger charge is -2.13. The number of hydrogen-bond acceptors (Lipinski definition) is 8. The zero-order valence-electron chi connectivity index (χ0n) is 33.4. The molecule has 0 aliphatic rings. The number of methoxy groups -OCH3 is 2. The molecular weight excluding hydrogens is 851 g/mol. The number of anilines is 4. The van der Waals surface area contributed by atoms with Crippen molar-refractivity contribution in [3.05, 3.63) is 146 Å². The van der Waals surface area contributed by atoms with Crippen molar-refractivity contribution in [2.24, 2.45) is 0 Å². The van der Waals surface area contributed by atoms with Crippen LogP contribution in [0.2, 0.25) is 0 Å². The van der Waals surface area contributed by atoms with Crippen LogP contribution in [-0.4, -0.2) is 58.1 Å². The summed E-state index contributed by atoms with van der Waals surface area (Å²) in [6.45, 7) is 0. The van der Waals surface area contributed by atoms with Gasteiger partial charge in [-0.2, -0.15) is 0 Å². The van der Waals surface area contributed by atoms with E-state index in [1.165, 1.54) is 24.3 Å². The summed E-state index contributed by atoms with van der Waals surface area (Å²) < 4.78 is 95.5. The van der Waals surface area contributed by atoms with Crippen molar-refractivity contribution in [1.29, 1.82) is 0 Å². The second-order valence-corrected chi connectivity index (χ2v) is 13.2. The van der Waals surface area contributed by atoms with Crippen LogP contribution >= 0.6 is 0 Å². The number of aromatic nitrogens is 4. The number of ether oxygens (including phenoxy) is 4. The van der Waals surface area contributed by atoms with Crippen molar-refractivity contribution >= 4 is 56.6 Å². The van der Waals surface area contributed by atoms with E-state index >= 15 is 0 Å². The number of nitrogens with one attached hydrogen (secondary N) is 4. The van der Waals surface area contributed by atoms with Crippen molar-refractivity contribution in [1.82, 2.24) is 19.1 Å². The fourth-order valence-electron chi connectivity index (χ4n) is 6.36. The van der Waals surface area contributed by atoms with Gasteiger partial charge in [0.05, 0.1) is 36.6 Å². The van der Waals surface area contributed by atoms with Crippen molar-refractivity contribution in [2.75, 3.05) is 35.5 Å². The lowest BCUT2D eigenvalue weighted by atomic mass is 10.2. The van der Waals surface area contributed by atoms with Crippen molar-refractivity contribution in [3.8, 4) is 34.6 Å². The minimum atomic E-state index is -4.78. The number of rotatable bonds is 10. The number of urea groups is 2. The van der Waals surface area contributed by atoms with E-state index in [1.807, 2.05) is 70.1 Å². The Bertz CT molecular complexity index is 2900. The molecule has 0 atom stereocenters. The SMILES string of the molecule is COc1ccc2c(ccn2-c2ncccc2NC(=O)Nc2ccc(OC(F)(F)F)cc2)c1.COc1cccc2c1ccn2-c1ncccc1NC(=O)Nc1ccc(OC(F)(F)F)cc1. The van der Waals surface area contributed by atoms with Crippen LogP contribution in [0.4, 0.5) is 58.7 Å². The largest absolute Gasteiger partial charge is 0.573 e. The van der Waals surface area contributed by atoms with Crippen molar-refractivity contribution in [2.45, 2.75) is 12.7 Å². The van der Waals surface area contributed by atoms with Crippen LogP contribution < -0.4 is 40.2 Å². The molecule has 0 fully saturated rings. The first-order valence-electron chi connectivity index (χ1n) is 18.7. The number of benzene rings is 4. The molecule has 4 aromatic carbocycles. The normalized spacial score (nSPS) is 11.2. The summed E-state index contributed by atoms with van der Waals surface area (Å²) in [5.41, 5.74) is 3.16. The molecule has 14 nitrogen and oxygen atoms in total. The molecule has 0 radical (unpaired) electrons. The number of hydrogen-bond donors (Lipinski definition) is 4. The van der Waals surface area contributed by atoms with Crippen LogP contribution in [0.25, 0.3) is 33.4 Å². The van der Waals surface area contributed by atoms with E-state index in [0.717, 1.165) is 51.8 Å². The van der Waals surface area contributed by atoms with E-state index in [9.17, 15) is 35.9 Å². The molecule has 20 heteroatoms. The van der Waals surface area contributed by atoms with Crippen LogP contribution in [0.3, 0.4) is 0 Å². The smallest absolute Gasteiger partial charge is 0.497 e. The fraction of sp³-hybridized carbons (Fsp3) is 0.0909. The Kier molecular flexibility index (Phi) is 12.7. The van der Waals surface area contributed by atoms with Gasteiger partial charge in [0.1, 0.15) is 23.0 Å². The van der Waals surface area contributed by atoms with E-state index in [2.05, 4.69) is 40.7 Å². The Morgan fingerprint density at radius 3 is 1.53 bits per heavy atom. The van der Waals surface area contributed by atoms with E-state index < -0.39 is 24.8 Å². The Balaban J connectivity index is 0.000000191. The molecule has 0 spiro atoms. The fourth-order valence-corrected chi connectivity index (χ4v) is 6.36. The van der Waals surface area contributed by atoms with E-state index in [0.29, 0.717) is 40.1 Å². The average Bonchev–Trinajstić information content (AvgIpc) is 3.89. The summed E-state index contributed by atoms with van der Waals surface area (Å²) in [5.74, 6) is 1.65. The average molecular weight is 885 g/mol. The van der Waals surface area contributed by atoms with Gasteiger partial charge >= 0.3 is 24.8 Å². The molecule has 4 aromatic heterocycles. The quantitative estimate of drug-likeness (QED) is 0.0990. The number of carbonyl (C=O) groups excluding carboxylic acids is 2. The van der Waals surface area contributed by atoms with Gasteiger partial charge in [-0.05, 0) is 115 Å². The molecule has 0 saturated carbocycles. The van der Waals surface area contributed by atoms with Gasteiger partial charge in [-0.15, -0.1) is 26.3 Å². The molecule has 328 valence electrons. The molecular formula is C44H34F6N8O6. The lowest BCUT2D eigenvalue weighted by Crippen LogP contribution is -2.21. The maximum absolute atomic E-state index is 12.5. The maximum atomic E-state index is 12.5. The zero-order valence-corrected chi connectivity index (χ0v) is 33.4. The molecule has 0 bridgehead atoms. The third-order valence-corrected chi connectivity index (χ3v) is 9.03. The highest BCUT2D eigenvalue weighted by Gasteiger charge is 2.31. The van der Waals surface area contributed by atoms with Gasteiger partial charge in [0, 0.05) is 46.9 Å². The van der Waals surface area contributed by atoms with E-state index in [-0.39, 0.29) is 11.5 Å². The van der Waals surface area contributed by atoms with Crippen molar-refractivity contribution < 1.29 is 54.9 Å². The second kappa shape index (κ2) is 18.7. The monoisotopic (exact) mass is 884 g/mol. The highest BCUT2D eigenvalue weighted by molar-refractivity contribution is 6.02. The Morgan fingerprint density at radius 1 is 0.531 bits per heavy atom. The summed E-state index contributed by atoms with van der Waals surface area (Å²) in [5, 5.41) is 12.4. The van der Waals surface area contributed by atoms with Crippen LogP contribution in [0, 0.1) is 0 Å². The second-order valence-electron chi connectivity index (χ2n) is 13.2. The van der Waals surface area contributed by atoms with Gasteiger partial charge in [-0.25, -0.2) is 19.6 Å². The summed E-state index contributed by atoms with van der Waals surface area (Å²) in [4.78, 5) is 33.7. The first-order valence-corrected chi connectivity index (χ1v) is 18.7. The number of nitrogens with zero attached hydrogens (tertiary/aromatic N) is 4. The highest BCUT2D eigenvalue weighted by atomic mass is 19.4. The Morgan fingerprint density at radius 2 is 1.03 bits per heavy atom. The molecule has 4 heterocycles. The van der Waals surface area contributed by atoms with Crippen LogP contribution in [0.15, 0.2) is 146 Å². The van der Waals surface area contributed by atoms with E-state index in [4.69, 9.17) is 9.47 Å². The molecule has 4 amide bonds. The van der Waals surface area contributed by atoms with Crippen LogP contribution in [-0.2, 0) is 0 Å². The number of fused-ring (bicyclic) bond motifs is 2. The minimum Gasteiger partial charge on any atom is -0.497 e. The van der Waals surface area contributed by atoms with E-state index in [1.54, 1.807) is 50.9 Å². The van der Waals surface area contributed by atoms with Gasteiger partial charge in [-0.3, -0.25) is 9.13 Å². The first-order chi connectivity index (χ1) is 30.7. The maximum Gasteiger partial charge on any atom is 0.573 e. The predicted octanol–water partition coefficient (Wildman–Crippen LogP) is 11.2. The van der Waals surface area contributed by atoms with Gasteiger partial charge in [-0.1, -0.05) is 6.07 Å². The number of pyridine rings is 2. The summed E-state index contributed by atoms with van der Waals surface area (Å²) in [7, 11) is 3.18. The molecule has 0 aliphatic carbocycles. The number of alkyl halides is 6. The molecule has 0 saturated heterocycles. The summed E-state index contributed by atoms with van der Waals surface area (Å²) in [6, 6.07) is 30.2. The number of amides is 4. The highest BCUT2D eigenvalue weighted by Crippen LogP contribution is 2.31. The van der Waals surface area contributed by atoms with Gasteiger partial charge < -0.3 is 40.2 Å². The molecule has 8 aromatic rings. The summed E-state index contributed by atoms with van der Waals surface area (Å²) in [6.07, 6.45) is -2.71. The molecule has 4 N–H and O–H groups in total. The zero-order chi connectivity index (χ0) is 45.4. The van der Waals surface area contributed by atoms with Gasteiger partial charge in [0.25, 0.3) is 0 Å². The molecule has 0 aliphatic heterocycles. The van der Waals surface area contributed by atoms with Crippen LogP contribution in [0.1, 0.15) is 0 Å². The minimum absolute atomic E-state index is 0.290. The van der Waals surface area contributed by atoms with Gasteiger partial charge in [0.15, 0.2) is 11.6 Å². The molecule has 8 rings (SSSR count). The lowest BCUT2D eigenvalue weighted by molar-refractivity contribution is -0.275. The third kappa shape index (κ3) is 10.9. The third-order valence-electron chi connectivity index (χ3n) is 9.03. The molecule has 64 heavy (non-hydrogen) atoms. The van der Waals surface area contributed by atoms with Crippen LogP contribution in [0.5, 0.6) is 23.0 Å². The standard InChI is InChI=1S/2C22H17F3N4O3/c1-31-19-6-2-5-18-16(19)11-13-29(18)20-17(4-3-12-26-20)28-21(30)27-14-7-9-15(10-8-14)32-22(23,24)25;1-31-17-8-9-19-14(13-17)10-12-29(19)20-18(3-2-11-26-20)28-21(30)27-15-4-6-16(7-5-15)32-22(23,24)25/h2*2-13H,1H3,(H2,27,28,30). The summed E-state index contributed by atoms with van der Waals surface area (Å²) >= 11 is 0. The van der Waals surface area contributed by atoms with Gasteiger partial charge in [0.2, 0.25) is 0 Å². The Hall–Kier alpha value is -8.42.